The van der Waals surface area contributed by atoms with Gasteiger partial charge in [-0.15, -0.1) is 0 Å². The molecule has 0 spiro atoms. The van der Waals surface area contributed by atoms with E-state index < -0.39 is 0 Å². The summed E-state index contributed by atoms with van der Waals surface area (Å²) in [6.07, 6.45) is 7.43. The third-order valence-corrected chi connectivity index (χ3v) is 5.54. The average Bonchev–Trinajstić information content (AvgIpc) is 2.79. The first-order valence-electron chi connectivity index (χ1n) is 10.5. The monoisotopic (exact) mass is 412 g/mol. The fourth-order valence-corrected chi connectivity index (χ4v) is 3.73. The summed E-state index contributed by atoms with van der Waals surface area (Å²) >= 11 is 0. The molecule has 2 amide bonds. The van der Waals surface area contributed by atoms with Crippen LogP contribution in [-0.2, 0) is 12.8 Å². The summed E-state index contributed by atoms with van der Waals surface area (Å²) in [7, 11) is 3.24. The van der Waals surface area contributed by atoms with E-state index in [1.807, 2.05) is 30.6 Å². The number of hydrogen-bond acceptors (Lipinski definition) is 5. The molecule has 1 fully saturated rings. The number of pyridine rings is 1. The molecule has 0 saturated carbocycles. The van der Waals surface area contributed by atoms with Gasteiger partial charge in [-0.3, -0.25) is 4.98 Å². The van der Waals surface area contributed by atoms with E-state index in [9.17, 15) is 4.79 Å². The Morgan fingerprint density at radius 1 is 1.03 bits per heavy atom. The molecule has 0 unspecified atom stereocenters. The van der Waals surface area contributed by atoms with E-state index >= 15 is 0 Å². The number of nitrogens with zero attached hydrogens (tertiary/aromatic N) is 2. The summed E-state index contributed by atoms with van der Waals surface area (Å²) in [6.45, 7) is 3.66. The predicted molar refractivity (Wildman–Crippen MR) is 117 cm³/mol. The third kappa shape index (κ3) is 6.62. The highest BCUT2D eigenvalue weighted by Gasteiger charge is 2.20. The second-order valence-electron chi connectivity index (χ2n) is 7.56. The number of benzene rings is 1. The van der Waals surface area contributed by atoms with Crippen LogP contribution < -0.4 is 20.1 Å². The number of carbonyl (C=O) groups excluding carboxylic acids is 1. The molecule has 7 nitrogen and oxygen atoms in total. The van der Waals surface area contributed by atoms with Crippen LogP contribution in [-0.4, -0.2) is 62.4 Å². The summed E-state index contributed by atoms with van der Waals surface area (Å²) in [5.41, 5.74) is 2.41. The van der Waals surface area contributed by atoms with Gasteiger partial charge in [-0.1, -0.05) is 6.07 Å². The summed E-state index contributed by atoms with van der Waals surface area (Å²) in [5.74, 6) is 1.41. The Kier molecular flexibility index (Phi) is 8.32. The van der Waals surface area contributed by atoms with Gasteiger partial charge in [0, 0.05) is 44.6 Å². The van der Waals surface area contributed by atoms with Crippen molar-refractivity contribution in [3.63, 3.8) is 0 Å². The number of aromatic nitrogens is 1. The van der Waals surface area contributed by atoms with Crippen LogP contribution >= 0.6 is 0 Å². The molecule has 0 bridgehead atoms. The Labute approximate surface area is 178 Å². The van der Waals surface area contributed by atoms with Crippen LogP contribution in [0, 0.1) is 0 Å². The maximum absolute atomic E-state index is 12.2. The number of carbonyl (C=O) groups is 1. The van der Waals surface area contributed by atoms with E-state index in [-0.39, 0.29) is 12.1 Å². The molecule has 0 aliphatic carbocycles. The number of rotatable bonds is 9. The van der Waals surface area contributed by atoms with Crippen molar-refractivity contribution in [2.75, 3.05) is 40.4 Å². The van der Waals surface area contributed by atoms with Gasteiger partial charge in [0.25, 0.3) is 0 Å². The molecule has 2 aromatic rings. The standard InChI is InChI=1S/C23H32N4O3/c1-29-21-4-3-19(17-22(21)30-2)7-13-25-23(28)26-20-9-15-27(16-10-20)14-8-18-5-11-24-12-6-18/h3-6,11-12,17,20H,7-10,13-16H2,1-2H3,(H2,25,26,28). The molecule has 7 heteroatoms. The lowest BCUT2D eigenvalue weighted by Crippen LogP contribution is -2.48. The summed E-state index contributed by atoms with van der Waals surface area (Å²) in [5, 5.41) is 6.07. The van der Waals surface area contributed by atoms with Crippen LogP contribution in [0.4, 0.5) is 4.79 Å². The van der Waals surface area contributed by atoms with Gasteiger partial charge in [-0.05, 0) is 61.1 Å². The van der Waals surface area contributed by atoms with Gasteiger partial charge >= 0.3 is 6.03 Å². The molecule has 1 saturated heterocycles. The number of methoxy groups -OCH3 is 2. The fourth-order valence-electron chi connectivity index (χ4n) is 3.73. The number of piperidine rings is 1. The third-order valence-electron chi connectivity index (χ3n) is 5.54. The van der Waals surface area contributed by atoms with Crippen LogP contribution in [0.25, 0.3) is 0 Å². The quantitative estimate of drug-likeness (QED) is 0.662. The minimum atomic E-state index is -0.0919. The van der Waals surface area contributed by atoms with Gasteiger partial charge in [-0.25, -0.2) is 4.79 Å². The van der Waals surface area contributed by atoms with E-state index in [2.05, 4.69) is 32.7 Å². The number of amides is 2. The van der Waals surface area contributed by atoms with Crippen molar-refractivity contribution in [3.8, 4) is 11.5 Å². The fraction of sp³-hybridized carbons (Fsp3) is 0.478. The smallest absolute Gasteiger partial charge is 0.315 e. The molecule has 0 radical (unpaired) electrons. The molecule has 1 aromatic carbocycles. The lowest BCUT2D eigenvalue weighted by molar-refractivity contribution is 0.194. The van der Waals surface area contributed by atoms with Crippen LogP contribution in [0.3, 0.4) is 0 Å². The van der Waals surface area contributed by atoms with E-state index in [0.717, 1.165) is 50.9 Å². The first-order valence-corrected chi connectivity index (χ1v) is 10.5. The van der Waals surface area contributed by atoms with E-state index in [1.165, 1.54) is 5.56 Å². The SMILES string of the molecule is COc1ccc(CCNC(=O)NC2CCN(CCc3ccncc3)CC2)cc1OC. The molecule has 3 rings (SSSR count). The van der Waals surface area contributed by atoms with E-state index in [4.69, 9.17) is 9.47 Å². The summed E-state index contributed by atoms with van der Waals surface area (Å²) in [4.78, 5) is 18.8. The average molecular weight is 413 g/mol. The molecule has 1 aliphatic rings. The first kappa shape index (κ1) is 21.9. The molecule has 162 valence electrons. The van der Waals surface area contributed by atoms with Crippen molar-refractivity contribution in [3.05, 3.63) is 53.9 Å². The Hall–Kier alpha value is -2.80. The molecule has 2 N–H and O–H groups in total. The topological polar surface area (TPSA) is 75.7 Å². The van der Waals surface area contributed by atoms with Gasteiger partial charge in [0.1, 0.15) is 0 Å². The molecule has 1 aromatic heterocycles. The number of likely N-dealkylation sites (tertiary alicyclic amines) is 1. The normalized spacial score (nSPS) is 14.9. The van der Waals surface area contributed by atoms with Crippen LogP contribution in [0.1, 0.15) is 24.0 Å². The zero-order chi connectivity index (χ0) is 21.2. The number of hydrogen-bond donors (Lipinski definition) is 2. The van der Waals surface area contributed by atoms with Crippen molar-refractivity contribution in [2.45, 2.75) is 31.7 Å². The van der Waals surface area contributed by atoms with Crippen molar-refractivity contribution >= 4 is 6.03 Å². The second-order valence-corrected chi connectivity index (χ2v) is 7.56. The highest BCUT2D eigenvalue weighted by atomic mass is 16.5. The highest BCUT2D eigenvalue weighted by Crippen LogP contribution is 2.27. The minimum absolute atomic E-state index is 0.0919. The zero-order valence-electron chi connectivity index (χ0n) is 17.9. The van der Waals surface area contributed by atoms with Gasteiger partial charge in [0.05, 0.1) is 14.2 Å². The van der Waals surface area contributed by atoms with Crippen LogP contribution in [0.5, 0.6) is 11.5 Å². The second kappa shape index (κ2) is 11.4. The number of nitrogens with one attached hydrogen (secondary N) is 2. The highest BCUT2D eigenvalue weighted by molar-refractivity contribution is 5.74. The Morgan fingerprint density at radius 2 is 1.77 bits per heavy atom. The van der Waals surface area contributed by atoms with Crippen molar-refractivity contribution in [1.82, 2.24) is 20.5 Å². The van der Waals surface area contributed by atoms with Gasteiger partial charge in [0.15, 0.2) is 11.5 Å². The molecule has 2 heterocycles. The predicted octanol–water partition coefficient (Wildman–Crippen LogP) is 2.65. The summed E-state index contributed by atoms with van der Waals surface area (Å²) < 4.78 is 10.6. The zero-order valence-corrected chi connectivity index (χ0v) is 17.9. The maximum Gasteiger partial charge on any atom is 0.315 e. The molecule has 0 atom stereocenters. The molecule has 30 heavy (non-hydrogen) atoms. The van der Waals surface area contributed by atoms with Gasteiger partial charge in [-0.2, -0.15) is 0 Å². The number of ether oxygens (including phenoxy) is 2. The van der Waals surface area contributed by atoms with Crippen molar-refractivity contribution in [1.29, 1.82) is 0 Å². The number of urea groups is 1. The molecular formula is C23H32N4O3. The Morgan fingerprint density at radius 3 is 2.47 bits per heavy atom. The summed E-state index contributed by atoms with van der Waals surface area (Å²) in [6, 6.07) is 10.1. The molecular weight excluding hydrogens is 380 g/mol. The Balaban J connectivity index is 1.32. The van der Waals surface area contributed by atoms with E-state index in [1.54, 1.807) is 14.2 Å². The first-order chi connectivity index (χ1) is 14.7. The Bertz CT molecular complexity index is 792. The molecule has 1 aliphatic heterocycles. The van der Waals surface area contributed by atoms with Crippen molar-refractivity contribution < 1.29 is 14.3 Å². The van der Waals surface area contributed by atoms with Gasteiger partial charge < -0.3 is 25.0 Å². The largest absolute Gasteiger partial charge is 0.493 e. The van der Waals surface area contributed by atoms with Crippen LogP contribution in [0.2, 0.25) is 0 Å². The van der Waals surface area contributed by atoms with E-state index in [0.29, 0.717) is 18.0 Å². The minimum Gasteiger partial charge on any atom is -0.493 e. The van der Waals surface area contributed by atoms with Crippen molar-refractivity contribution in [2.24, 2.45) is 0 Å². The lowest BCUT2D eigenvalue weighted by atomic mass is 10.0. The lowest BCUT2D eigenvalue weighted by Gasteiger charge is -2.32. The maximum atomic E-state index is 12.2. The van der Waals surface area contributed by atoms with Gasteiger partial charge in [0.2, 0.25) is 0 Å². The van der Waals surface area contributed by atoms with Crippen LogP contribution in [0.15, 0.2) is 42.7 Å².